The van der Waals surface area contributed by atoms with E-state index < -0.39 is 0 Å². The first-order chi connectivity index (χ1) is 19.7. The van der Waals surface area contributed by atoms with E-state index in [2.05, 4.69) is 24.1 Å². The van der Waals surface area contributed by atoms with Crippen LogP contribution in [0.3, 0.4) is 0 Å². The molecule has 0 aliphatic carbocycles. The van der Waals surface area contributed by atoms with Crippen molar-refractivity contribution in [3.05, 3.63) is 78.4 Å². The maximum atomic E-state index is 12.7. The maximum Gasteiger partial charge on any atom is 0.224 e. The Bertz CT molecular complexity index is 1130. The quantitative estimate of drug-likeness (QED) is 0.0831. The lowest BCUT2D eigenvalue weighted by atomic mass is 10.1. The van der Waals surface area contributed by atoms with Crippen molar-refractivity contribution in [2.45, 2.75) is 89.4 Å². The van der Waals surface area contributed by atoms with Crippen molar-refractivity contribution < 1.29 is 14.3 Å². The summed E-state index contributed by atoms with van der Waals surface area (Å²) in [7, 11) is 0. The molecule has 3 aromatic rings. The van der Waals surface area contributed by atoms with Crippen LogP contribution in [0.4, 0.5) is 11.4 Å². The lowest BCUT2D eigenvalue weighted by Crippen LogP contribution is -1.97. The molecule has 214 valence electrons. The minimum atomic E-state index is -0.0104. The molecule has 0 aliphatic heterocycles. The molecule has 6 heteroatoms. The number of hydrogen-bond donors (Lipinski definition) is 0. The Balaban J connectivity index is 1.38. The molecule has 0 radical (unpaired) electrons. The maximum absolute atomic E-state index is 12.7. The van der Waals surface area contributed by atoms with Gasteiger partial charge in [-0.3, -0.25) is 4.79 Å². The molecule has 0 heterocycles. The number of ether oxygens (including phenoxy) is 2. The molecule has 0 aliphatic rings. The van der Waals surface area contributed by atoms with Crippen LogP contribution < -0.4 is 9.47 Å². The topological polar surface area (TPSA) is 60.2 Å². The highest BCUT2D eigenvalue weighted by Gasteiger charge is 2.09. The number of thioether (sulfide) groups is 1. The zero-order chi connectivity index (χ0) is 28.3. The van der Waals surface area contributed by atoms with Crippen molar-refractivity contribution in [1.29, 1.82) is 0 Å². The number of rotatable bonds is 19. The van der Waals surface area contributed by atoms with Gasteiger partial charge in [-0.05, 0) is 97.4 Å². The van der Waals surface area contributed by atoms with Gasteiger partial charge in [-0.2, -0.15) is 10.2 Å². The van der Waals surface area contributed by atoms with E-state index in [4.69, 9.17) is 9.47 Å². The van der Waals surface area contributed by atoms with Gasteiger partial charge < -0.3 is 9.47 Å². The van der Waals surface area contributed by atoms with Crippen LogP contribution in [0.15, 0.2) is 87.9 Å². The van der Waals surface area contributed by atoms with Crippen molar-refractivity contribution in [3.8, 4) is 11.5 Å². The van der Waals surface area contributed by atoms with Crippen LogP contribution in [-0.4, -0.2) is 18.3 Å². The summed E-state index contributed by atoms with van der Waals surface area (Å²) >= 11 is 1.21. The van der Waals surface area contributed by atoms with Gasteiger partial charge in [0, 0.05) is 10.5 Å². The summed E-state index contributed by atoms with van der Waals surface area (Å²) < 4.78 is 11.6. The van der Waals surface area contributed by atoms with E-state index in [0.717, 1.165) is 48.1 Å². The first-order valence-corrected chi connectivity index (χ1v) is 15.7. The van der Waals surface area contributed by atoms with Gasteiger partial charge in [0.1, 0.15) is 11.5 Å². The lowest BCUT2D eigenvalue weighted by Gasteiger charge is -2.07. The molecular weight excluding hydrogens is 516 g/mol. The molecule has 0 fully saturated rings. The highest BCUT2D eigenvalue weighted by molar-refractivity contribution is 8.14. The second-order valence-electron chi connectivity index (χ2n) is 9.98. The Morgan fingerprint density at radius 3 is 1.52 bits per heavy atom. The van der Waals surface area contributed by atoms with E-state index in [1.807, 2.05) is 60.7 Å². The molecule has 3 rings (SSSR count). The van der Waals surface area contributed by atoms with Crippen molar-refractivity contribution in [3.63, 3.8) is 0 Å². The number of azo groups is 1. The third-order valence-corrected chi connectivity index (χ3v) is 7.47. The summed E-state index contributed by atoms with van der Waals surface area (Å²) in [5.74, 6) is 1.70. The second-order valence-corrected chi connectivity index (χ2v) is 11.0. The fourth-order valence-corrected chi connectivity index (χ4v) is 4.87. The fourth-order valence-electron chi connectivity index (χ4n) is 4.13. The van der Waals surface area contributed by atoms with Gasteiger partial charge in [0.2, 0.25) is 5.12 Å². The Labute approximate surface area is 244 Å². The predicted molar refractivity (Wildman–Crippen MR) is 167 cm³/mol. The van der Waals surface area contributed by atoms with Gasteiger partial charge in [-0.15, -0.1) is 0 Å². The highest BCUT2D eigenvalue weighted by atomic mass is 32.2. The van der Waals surface area contributed by atoms with E-state index in [1.54, 1.807) is 12.1 Å². The molecule has 40 heavy (non-hydrogen) atoms. The number of carbonyl (C=O) groups excluding carboxylic acids is 1. The Kier molecular flexibility index (Phi) is 15.0. The summed E-state index contributed by atoms with van der Waals surface area (Å²) in [6, 6.07) is 22.6. The van der Waals surface area contributed by atoms with E-state index in [-0.39, 0.29) is 5.12 Å². The normalized spacial score (nSPS) is 11.2. The largest absolute Gasteiger partial charge is 0.494 e. The van der Waals surface area contributed by atoms with Crippen molar-refractivity contribution in [2.75, 3.05) is 13.2 Å². The zero-order valence-electron chi connectivity index (χ0n) is 24.1. The van der Waals surface area contributed by atoms with Gasteiger partial charge in [-0.25, -0.2) is 0 Å². The van der Waals surface area contributed by atoms with Gasteiger partial charge in [0.25, 0.3) is 0 Å². The number of nitrogens with zero attached hydrogens (tertiary/aromatic N) is 2. The van der Waals surface area contributed by atoms with Crippen molar-refractivity contribution in [2.24, 2.45) is 10.2 Å². The Hall–Kier alpha value is -3.12. The number of unbranched alkanes of at least 4 members (excludes halogenated alkanes) is 9. The van der Waals surface area contributed by atoms with Gasteiger partial charge in [-0.1, -0.05) is 71.6 Å². The third-order valence-electron chi connectivity index (χ3n) is 6.54. The van der Waals surface area contributed by atoms with Crippen LogP contribution in [0, 0.1) is 0 Å². The van der Waals surface area contributed by atoms with Crippen LogP contribution in [0.2, 0.25) is 0 Å². The Morgan fingerprint density at radius 2 is 1.00 bits per heavy atom. The molecule has 5 nitrogen and oxygen atoms in total. The average molecular weight is 561 g/mol. The van der Waals surface area contributed by atoms with E-state index in [9.17, 15) is 4.79 Å². The van der Waals surface area contributed by atoms with Crippen molar-refractivity contribution >= 4 is 28.3 Å². The minimum absolute atomic E-state index is 0.0104. The summed E-state index contributed by atoms with van der Waals surface area (Å²) in [4.78, 5) is 13.6. The highest BCUT2D eigenvalue weighted by Crippen LogP contribution is 2.27. The molecule has 3 aromatic carbocycles. The molecule has 0 spiro atoms. The van der Waals surface area contributed by atoms with Gasteiger partial charge in [0.15, 0.2) is 0 Å². The molecule has 0 unspecified atom stereocenters. The van der Waals surface area contributed by atoms with Crippen LogP contribution in [0.25, 0.3) is 0 Å². The summed E-state index contributed by atoms with van der Waals surface area (Å²) in [6.07, 6.45) is 13.6. The smallest absolute Gasteiger partial charge is 0.224 e. The first-order valence-electron chi connectivity index (χ1n) is 14.9. The van der Waals surface area contributed by atoms with E-state index in [0.29, 0.717) is 11.3 Å². The Morgan fingerprint density at radius 1 is 0.575 bits per heavy atom. The molecule has 0 atom stereocenters. The minimum Gasteiger partial charge on any atom is -0.494 e. The summed E-state index contributed by atoms with van der Waals surface area (Å²) in [6.45, 7) is 5.92. The number of benzene rings is 3. The number of carbonyl (C=O) groups is 1. The van der Waals surface area contributed by atoms with Crippen molar-refractivity contribution in [1.82, 2.24) is 0 Å². The van der Waals surface area contributed by atoms with Crippen LogP contribution >= 0.6 is 11.8 Å². The van der Waals surface area contributed by atoms with E-state index >= 15 is 0 Å². The summed E-state index contributed by atoms with van der Waals surface area (Å²) in [5, 5.41) is 8.62. The van der Waals surface area contributed by atoms with Crippen LogP contribution in [0.1, 0.15) is 94.8 Å². The van der Waals surface area contributed by atoms with Crippen LogP contribution in [0.5, 0.6) is 11.5 Å². The second kappa shape index (κ2) is 19.0. The SMILES string of the molecule is CCCCCCCCCOc1ccc(N=Nc2ccc(C(=O)Sc3ccc(OCCCCCC)cc3)cc2)cc1. The van der Waals surface area contributed by atoms with E-state index in [1.165, 1.54) is 69.5 Å². The first kappa shape index (κ1) is 31.4. The zero-order valence-corrected chi connectivity index (χ0v) is 25.0. The number of hydrogen-bond acceptors (Lipinski definition) is 6. The summed E-state index contributed by atoms with van der Waals surface area (Å²) in [5.41, 5.74) is 2.08. The van der Waals surface area contributed by atoms with Gasteiger partial charge >= 0.3 is 0 Å². The predicted octanol–water partition coefficient (Wildman–Crippen LogP) is 11.1. The lowest BCUT2D eigenvalue weighted by molar-refractivity contribution is 0.108. The standard InChI is InChI=1S/C34H44N2O3S/c1-3-5-7-9-10-11-13-27-38-31-20-18-30(19-21-31)36-35-29-16-14-28(15-17-29)34(37)40-33-24-22-32(23-25-33)39-26-12-8-6-4-2/h14-25H,3-13,26-27H2,1-2H3. The molecule has 0 aromatic heterocycles. The third kappa shape index (κ3) is 12.4. The van der Waals surface area contributed by atoms with Gasteiger partial charge in [0.05, 0.1) is 24.6 Å². The molecule has 0 saturated carbocycles. The molecule has 0 N–H and O–H groups in total. The monoisotopic (exact) mass is 560 g/mol. The average Bonchev–Trinajstić information content (AvgIpc) is 2.99. The molecule has 0 amide bonds. The molecule has 0 bridgehead atoms. The molecular formula is C34H44N2O3S. The molecule has 0 saturated heterocycles. The van der Waals surface area contributed by atoms with Crippen LogP contribution in [-0.2, 0) is 0 Å². The fraction of sp³-hybridized carbons (Fsp3) is 0.441.